The molecular formula is C26H36N6O2. The molecule has 0 radical (unpaired) electrons. The van der Waals surface area contributed by atoms with E-state index in [4.69, 9.17) is 14.7 Å². The number of rotatable bonds is 9. The van der Waals surface area contributed by atoms with Gasteiger partial charge in [0.05, 0.1) is 0 Å². The maximum atomic E-state index is 9.98. The molecule has 3 aromatic rings. The lowest BCUT2D eigenvalue weighted by Crippen LogP contribution is -2.34. The van der Waals surface area contributed by atoms with Gasteiger partial charge in [0.2, 0.25) is 0 Å². The van der Waals surface area contributed by atoms with Crippen LogP contribution in [0.4, 0.5) is 5.82 Å². The van der Waals surface area contributed by atoms with Crippen LogP contribution in [0.25, 0.3) is 22.9 Å². The normalized spacial score (nSPS) is 15.3. The van der Waals surface area contributed by atoms with Crippen molar-refractivity contribution >= 4 is 5.82 Å². The molecule has 1 unspecified atom stereocenters. The van der Waals surface area contributed by atoms with E-state index in [0.29, 0.717) is 24.2 Å². The average Bonchev–Trinajstić information content (AvgIpc) is 3.21. The van der Waals surface area contributed by atoms with Gasteiger partial charge in [-0.25, -0.2) is 15.0 Å². The van der Waals surface area contributed by atoms with Crippen molar-refractivity contribution in [3.63, 3.8) is 0 Å². The summed E-state index contributed by atoms with van der Waals surface area (Å²) in [5.41, 5.74) is 2.74. The number of imidazole rings is 1. The Labute approximate surface area is 202 Å². The van der Waals surface area contributed by atoms with Gasteiger partial charge in [0, 0.05) is 50.2 Å². The second kappa shape index (κ2) is 11.0. The Morgan fingerprint density at radius 3 is 2.71 bits per heavy atom. The molecule has 4 rings (SSSR count). The number of aliphatic hydroxyl groups is 1. The van der Waals surface area contributed by atoms with Gasteiger partial charge in [0.15, 0.2) is 11.6 Å². The average molecular weight is 465 g/mol. The minimum Gasteiger partial charge on any atom is -0.491 e. The lowest BCUT2D eigenvalue weighted by molar-refractivity contribution is 0.108. The molecule has 1 atom stereocenters. The maximum absolute atomic E-state index is 9.98. The molecule has 2 heterocycles. The highest BCUT2D eigenvalue weighted by atomic mass is 16.5. The van der Waals surface area contributed by atoms with Crippen molar-refractivity contribution < 1.29 is 9.84 Å². The second-order valence-electron chi connectivity index (χ2n) is 9.17. The highest BCUT2D eigenvalue weighted by Crippen LogP contribution is 2.30. The number of aryl methyl sites for hydroxylation is 1. The number of nitrogens with zero attached hydrogens (tertiary/aromatic N) is 5. The molecule has 1 saturated carbocycles. The first-order valence-electron chi connectivity index (χ1n) is 12.1. The fourth-order valence-electron chi connectivity index (χ4n) is 4.46. The lowest BCUT2D eigenvalue weighted by Gasteiger charge is -2.32. The highest BCUT2D eigenvalue weighted by molar-refractivity contribution is 5.66. The monoisotopic (exact) mass is 464 g/mol. The Morgan fingerprint density at radius 2 is 2.00 bits per heavy atom. The van der Waals surface area contributed by atoms with Crippen molar-refractivity contribution in [2.45, 2.75) is 51.2 Å². The van der Waals surface area contributed by atoms with E-state index in [2.05, 4.69) is 26.8 Å². The van der Waals surface area contributed by atoms with Gasteiger partial charge in [-0.05, 0) is 38.9 Å². The fourth-order valence-corrected chi connectivity index (χ4v) is 4.46. The molecule has 8 nitrogen and oxygen atoms in total. The van der Waals surface area contributed by atoms with Gasteiger partial charge in [-0.1, -0.05) is 31.4 Å². The van der Waals surface area contributed by atoms with Crippen LogP contribution < -0.4 is 15.0 Å². The molecule has 2 aromatic heterocycles. The van der Waals surface area contributed by atoms with Crippen molar-refractivity contribution in [3.05, 3.63) is 42.2 Å². The zero-order valence-electron chi connectivity index (χ0n) is 20.7. The Kier molecular flexibility index (Phi) is 7.80. The molecule has 1 aliphatic carbocycles. The van der Waals surface area contributed by atoms with Crippen molar-refractivity contribution in [1.82, 2.24) is 24.8 Å². The second-order valence-corrected chi connectivity index (χ2v) is 9.17. The summed E-state index contributed by atoms with van der Waals surface area (Å²) >= 11 is 0. The third kappa shape index (κ3) is 5.56. The first-order chi connectivity index (χ1) is 16.5. The summed E-state index contributed by atoms with van der Waals surface area (Å²) in [5, 5.41) is 12.9. The molecule has 2 N–H and O–H groups in total. The standard InChI is InChI=1S/C26H36N6O2/c1-18-15-28-26(31(18)3)23-14-24(32(4)20-10-6-5-7-11-20)30-25(29-23)19-9-8-12-22(13-19)34-17-21(33)16-27-2/h8-9,12-15,20-21,27,33H,5-7,10-11,16-17H2,1-4H3. The Bertz CT molecular complexity index is 1090. The number of hydrogen-bond donors (Lipinski definition) is 2. The Balaban J connectivity index is 1.69. The zero-order chi connectivity index (χ0) is 24.1. The predicted octanol–water partition coefficient (Wildman–Crippen LogP) is 3.58. The minimum absolute atomic E-state index is 0.216. The minimum atomic E-state index is -0.573. The number of benzene rings is 1. The number of anilines is 1. The van der Waals surface area contributed by atoms with Gasteiger partial charge in [-0.15, -0.1) is 0 Å². The molecule has 0 bridgehead atoms. The van der Waals surface area contributed by atoms with E-state index in [1.54, 1.807) is 7.05 Å². The molecule has 1 aromatic carbocycles. The van der Waals surface area contributed by atoms with Crippen LogP contribution in [0, 0.1) is 6.92 Å². The van der Waals surface area contributed by atoms with Gasteiger partial charge in [0.1, 0.15) is 30.0 Å². The molecule has 34 heavy (non-hydrogen) atoms. The van der Waals surface area contributed by atoms with E-state index >= 15 is 0 Å². The van der Waals surface area contributed by atoms with Gasteiger partial charge < -0.3 is 24.6 Å². The van der Waals surface area contributed by atoms with E-state index < -0.39 is 6.10 Å². The van der Waals surface area contributed by atoms with Crippen LogP contribution in [-0.2, 0) is 7.05 Å². The number of hydrogen-bond acceptors (Lipinski definition) is 7. The van der Waals surface area contributed by atoms with Crippen LogP contribution in [-0.4, -0.2) is 64.0 Å². The summed E-state index contributed by atoms with van der Waals surface area (Å²) in [6.45, 7) is 2.73. The fraction of sp³-hybridized carbons (Fsp3) is 0.500. The summed E-state index contributed by atoms with van der Waals surface area (Å²) in [5.74, 6) is 3.04. The SMILES string of the molecule is CNCC(O)COc1cccc(-c2nc(-c3ncc(C)n3C)cc(N(C)C3CCCCC3)n2)c1. The van der Waals surface area contributed by atoms with E-state index in [-0.39, 0.29) is 6.61 Å². The largest absolute Gasteiger partial charge is 0.491 e. The first kappa shape index (κ1) is 24.2. The molecule has 0 spiro atoms. The quantitative estimate of drug-likeness (QED) is 0.500. The third-order valence-electron chi connectivity index (χ3n) is 6.62. The Hall–Kier alpha value is -2.97. The molecule has 0 aliphatic heterocycles. The van der Waals surface area contributed by atoms with Crippen LogP contribution in [0.2, 0.25) is 0 Å². The van der Waals surface area contributed by atoms with Crippen molar-refractivity contribution in [2.24, 2.45) is 7.05 Å². The number of nitrogens with one attached hydrogen (secondary N) is 1. The number of aromatic nitrogens is 4. The smallest absolute Gasteiger partial charge is 0.162 e. The van der Waals surface area contributed by atoms with E-state index in [0.717, 1.165) is 28.6 Å². The molecule has 8 heteroatoms. The number of aliphatic hydroxyl groups excluding tert-OH is 1. The van der Waals surface area contributed by atoms with Crippen LogP contribution >= 0.6 is 0 Å². The highest BCUT2D eigenvalue weighted by Gasteiger charge is 2.22. The predicted molar refractivity (Wildman–Crippen MR) is 135 cm³/mol. The Morgan fingerprint density at radius 1 is 1.21 bits per heavy atom. The summed E-state index contributed by atoms with van der Waals surface area (Å²) in [6.07, 6.45) is 7.50. The van der Waals surface area contributed by atoms with Crippen molar-refractivity contribution in [3.8, 4) is 28.7 Å². The lowest BCUT2D eigenvalue weighted by atomic mass is 9.94. The molecule has 0 saturated heterocycles. The van der Waals surface area contributed by atoms with Crippen molar-refractivity contribution in [1.29, 1.82) is 0 Å². The van der Waals surface area contributed by atoms with Crippen LogP contribution in [0.3, 0.4) is 0 Å². The van der Waals surface area contributed by atoms with Gasteiger partial charge in [-0.3, -0.25) is 0 Å². The van der Waals surface area contributed by atoms with E-state index in [9.17, 15) is 5.11 Å². The van der Waals surface area contributed by atoms with Gasteiger partial charge in [-0.2, -0.15) is 0 Å². The van der Waals surface area contributed by atoms with E-state index in [1.807, 2.05) is 50.5 Å². The molecule has 1 fully saturated rings. The maximum Gasteiger partial charge on any atom is 0.162 e. The summed E-state index contributed by atoms with van der Waals surface area (Å²) in [6, 6.07) is 10.3. The first-order valence-corrected chi connectivity index (χ1v) is 12.1. The van der Waals surface area contributed by atoms with Gasteiger partial charge in [0.25, 0.3) is 0 Å². The molecular weight excluding hydrogens is 428 g/mol. The molecule has 0 amide bonds. The summed E-state index contributed by atoms with van der Waals surface area (Å²) < 4.78 is 7.88. The van der Waals surface area contributed by atoms with Crippen LogP contribution in [0.15, 0.2) is 36.5 Å². The topological polar surface area (TPSA) is 88.3 Å². The van der Waals surface area contributed by atoms with Crippen molar-refractivity contribution in [2.75, 3.05) is 32.1 Å². The number of likely N-dealkylation sites (N-methyl/N-ethyl adjacent to an activating group) is 1. The summed E-state index contributed by atoms with van der Waals surface area (Å²) in [4.78, 5) is 16.8. The number of ether oxygens (including phenoxy) is 1. The molecule has 1 aliphatic rings. The van der Waals surface area contributed by atoms with Crippen LogP contribution in [0.5, 0.6) is 5.75 Å². The van der Waals surface area contributed by atoms with E-state index in [1.165, 1.54) is 32.1 Å². The zero-order valence-corrected chi connectivity index (χ0v) is 20.7. The molecule has 182 valence electrons. The van der Waals surface area contributed by atoms with Gasteiger partial charge >= 0.3 is 0 Å². The van der Waals surface area contributed by atoms with Crippen LogP contribution in [0.1, 0.15) is 37.8 Å². The third-order valence-corrected chi connectivity index (χ3v) is 6.62. The summed E-state index contributed by atoms with van der Waals surface area (Å²) in [7, 11) is 5.95.